The molecule has 2 aromatic carbocycles. The van der Waals surface area contributed by atoms with Crippen molar-refractivity contribution in [2.75, 3.05) is 0 Å². The van der Waals surface area contributed by atoms with E-state index in [0.29, 0.717) is 12.2 Å². The number of aromatic nitrogens is 2. The fourth-order valence-electron chi connectivity index (χ4n) is 2.37. The molecule has 0 atom stereocenters. The Hall–Kier alpha value is -2.88. The normalized spacial score (nSPS) is 10.5. The number of rotatable bonds is 4. The first-order valence-corrected chi connectivity index (χ1v) is 7.59. The Morgan fingerprint density at radius 2 is 1.74 bits per heavy atom. The standard InChI is InChI=1S/C19H19N3O/c1-14-8-10-16(11-9-14)12-20-19(23)18-15(2)13-22(21-18)17-6-4-3-5-7-17/h3-11,13H,12H2,1-2H3,(H,20,23). The highest BCUT2D eigenvalue weighted by molar-refractivity contribution is 5.93. The Labute approximate surface area is 135 Å². The molecule has 0 aliphatic rings. The van der Waals surface area contributed by atoms with E-state index in [0.717, 1.165) is 16.8 Å². The third-order valence-corrected chi connectivity index (χ3v) is 3.71. The minimum absolute atomic E-state index is 0.155. The average molecular weight is 305 g/mol. The van der Waals surface area contributed by atoms with E-state index >= 15 is 0 Å². The lowest BCUT2D eigenvalue weighted by atomic mass is 10.1. The summed E-state index contributed by atoms with van der Waals surface area (Å²) in [5.41, 5.74) is 4.53. The molecule has 1 amide bonds. The van der Waals surface area contributed by atoms with Gasteiger partial charge in [0.15, 0.2) is 5.69 Å². The van der Waals surface area contributed by atoms with Crippen LogP contribution in [0.25, 0.3) is 5.69 Å². The summed E-state index contributed by atoms with van der Waals surface area (Å²) < 4.78 is 1.73. The molecule has 23 heavy (non-hydrogen) atoms. The molecule has 3 rings (SSSR count). The van der Waals surface area contributed by atoms with Gasteiger partial charge >= 0.3 is 0 Å². The van der Waals surface area contributed by atoms with Crippen LogP contribution in [-0.4, -0.2) is 15.7 Å². The van der Waals surface area contributed by atoms with Crippen molar-refractivity contribution >= 4 is 5.91 Å². The lowest BCUT2D eigenvalue weighted by Crippen LogP contribution is -2.24. The largest absolute Gasteiger partial charge is 0.347 e. The highest BCUT2D eigenvalue weighted by Gasteiger charge is 2.14. The van der Waals surface area contributed by atoms with Crippen molar-refractivity contribution in [1.82, 2.24) is 15.1 Å². The van der Waals surface area contributed by atoms with Crippen LogP contribution >= 0.6 is 0 Å². The van der Waals surface area contributed by atoms with Crippen molar-refractivity contribution in [2.45, 2.75) is 20.4 Å². The van der Waals surface area contributed by atoms with E-state index in [1.165, 1.54) is 5.56 Å². The van der Waals surface area contributed by atoms with Crippen LogP contribution in [0.1, 0.15) is 27.2 Å². The molecule has 0 aliphatic heterocycles. The summed E-state index contributed by atoms with van der Waals surface area (Å²) >= 11 is 0. The number of aryl methyl sites for hydroxylation is 2. The molecular weight excluding hydrogens is 286 g/mol. The van der Waals surface area contributed by atoms with Crippen LogP contribution in [0.5, 0.6) is 0 Å². The Kier molecular flexibility index (Phi) is 4.24. The average Bonchev–Trinajstić information content (AvgIpc) is 2.97. The number of nitrogens with one attached hydrogen (secondary N) is 1. The molecule has 0 spiro atoms. The maximum absolute atomic E-state index is 12.4. The van der Waals surface area contributed by atoms with Gasteiger partial charge in [-0.1, -0.05) is 48.0 Å². The fraction of sp³-hybridized carbons (Fsp3) is 0.158. The van der Waals surface area contributed by atoms with Crippen LogP contribution < -0.4 is 5.32 Å². The van der Waals surface area contributed by atoms with Gasteiger partial charge < -0.3 is 5.32 Å². The number of carbonyl (C=O) groups is 1. The number of nitrogens with zero attached hydrogens (tertiary/aromatic N) is 2. The highest BCUT2D eigenvalue weighted by Crippen LogP contribution is 2.12. The Balaban J connectivity index is 1.72. The molecule has 0 saturated heterocycles. The highest BCUT2D eigenvalue weighted by atomic mass is 16.1. The fourth-order valence-corrected chi connectivity index (χ4v) is 2.37. The molecule has 1 N–H and O–H groups in total. The number of hydrogen-bond donors (Lipinski definition) is 1. The summed E-state index contributed by atoms with van der Waals surface area (Å²) in [6.07, 6.45) is 1.87. The molecular formula is C19H19N3O. The third-order valence-electron chi connectivity index (χ3n) is 3.71. The van der Waals surface area contributed by atoms with Crippen molar-refractivity contribution in [3.05, 3.63) is 83.2 Å². The van der Waals surface area contributed by atoms with Crippen LogP contribution in [0.15, 0.2) is 60.8 Å². The van der Waals surface area contributed by atoms with Crippen molar-refractivity contribution < 1.29 is 4.79 Å². The zero-order valence-corrected chi connectivity index (χ0v) is 13.3. The Morgan fingerprint density at radius 3 is 2.43 bits per heavy atom. The van der Waals surface area contributed by atoms with E-state index in [-0.39, 0.29) is 5.91 Å². The minimum Gasteiger partial charge on any atom is -0.347 e. The van der Waals surface area contributed by atoms with E-state index in [1.54, 1.807) is 4.68 Å². The molecule has 4 heteroatoms. The van der Waals surface area contributed by atoms with Crippen molar-refractivity contribution in [3.8, 4) is 5.69 Å². The van der Waals surface area contributed by atoms with Crippen LogP contribution in [0, 0.1) is 13.8 Å². The first kappa shape index (κ1) is 15.0. The monoisotopic (exact) mass is 305 g/mol. The summed E-state index contributed by atoms with van der Waals surface area (Å²) in [5, 5.41) is 7.34. The smallest absolute Gasteiger partial charge is 0.272 e. The summed E-state index contributed by atoms with van der Waals surface area (Å²) in [7, 11) is 0. The molecule has 0 radical (unpaired) electrons. The maximum atomic E-state index is 12.4. The van der Waals surface area contributed by atoms with E-state index in [9.17, 15) is 4.79 Å². The molecule has 0 aliphatic carbocycles. The van der Waals surface area contributed by atoms with E-state index < -0.39 is 0 Å². The van der Waals surface area contributed by atoms with Gasteiger partial charge in [-0.15, -0.1) is 0 Å². The molecule has 0 fully saturated rings. The molecule has 0 unspecified atom stereocenters. The topological polar surface area (TPSA) is 46.9 Å². The van der Waals surface area contributed by atoms with Gasteiger partial charge in [0.05, 0.1) is 5.69 Å². The van der Waals surface area contributed by atoms with Crippen molar-refractivity contribution in [1.29, 1.82) is 0 Å². The number of benzene rings is 2. The van der Waals surface area contributed by atoms with Gasteiger partial charge in [-0.25, -0.2) is 4.68 Å². The van der Waals surface area contributed by atoms with E-state index in [2.05, 4.69) is 10.4 Å². The second-order valence-electron chi connectivity index (χ2n) is 5.61. The lowest BCUT2D eigenvalue weighted by molar-refractivity contribution is 0.0945. The van der Waals surface area contributed by atoms with Crippen LogP contribution in [-0.2, 0) is 6.54 Å². The second kappa shape index (κ2) is 6.48. The van der Waals surface area contributed by atoms with Crippen molar-refractivity contribution in [2.24, 2.45) is 0 Å². The molecule has 0 bridgehead atoms. The summed E-state index contributed by atoms with van der Waals surface area (Å²) in [6, 6.07) is 17.9. The zero-order valence-electron chi connectivity index (χ0n) is 13.3. The van der Waals surface area contributed by atoms with Gasteiger partial charge in [-0.05, 0) is 31.5 Å². The van der Waals surface area contributed by atoms with E-state index in [4.69, 9.17) is 0 Å². The molecule has 0 saturated carbocycles. The number of amides is 1. The lowest BCUT2D eigenvalue weighted by Gasteiger charge is -2.05. The summed E-state index contributed by atoms with van der Waals surface area (Å²) in [4.78, 5) is 12.4. The molecule has 1 aromatic heterocycles. The predicted octanol–water partition coefficient (Wildman–Crippen LogP) is 3.42. The quantitative estimate of drug-likeness (QED) is 0.803. The van der Waals surface area contributed by atoms with E-state index in [1.807, 2.05) is 74.6 Å². The van der Waals surface area contributed by atoms with Crippen LogP contribution in [0.4, 0.5) is 0 Å². The van der Waals surface area contributed by atoms with Crippen molar-refractivity contribution in [3.63, 3.8) is 0 Å². The molecule has 4 nitrogen and oxygen atoms in total. The van der Waals surface area contributed by atoms with Gasteiger partial charge in [-0.3, -0.25) is 4.79 Å². The Bertz CT molecular complexity index is 804. The predicted molar refractivity (Wildman–Crippen MR) is 90.7 cm³/mol. The number of carbonyl (C=O) groups excluding carboxylic acids is 1. The summed E-state index contributed by atoms with van der Waals surface area (Å²) in [6.45, 7) is 4.44. The first-order chi connectivity index (χ1) is 11.1. The summed E-state index contributed by atoms with van der Waals surface area (Å²) in [5.74, 6) is -0.155. The van der Waals surface area contributed by atoms with Gasteiger partial charge in [0.2, 0.25) is 0 Å². The minimum atomic E-state index is -0.155. The number of para-hydroxylation sites is 1. The first-order valence-electron chi connectivity index (χ1n) is 7.59. The number of hydrogen-bond acceptors (Lipinski definition) is 2. The van der Waals surface area contributed by atoms with Crippen LogP contribution in [0.2, 0.25) is 0 Å². The van der Waals surface area contributed by atoms with Gasteiger partial charge in [0, 0.05) is 18.3 Å². The Morgan fingerprint density at radius 1 is 1.04 bits per heavy atom. The van der Waals surface area contributed by atoms with Gasteiger partial charge in [0.25, 0.3) is 5.91 Å². The zero-order chi connectivity index (χ0) is 16.2. The van der Waals surface area contributed by atoms with Gasteiger partial charge in [0.1, 0.15) is 0 Å². The molecule has 116 valence electrons. The third kappa shape index (κ3) is 3.48. The van der Waals surface area contributed by atoms with Gasteiger partial charge in [-0.2, -0.15) is 5.10 Å². The SMILES string of the molecule is Cc1ccc(CNC(=O)c2nn(-c3ccccc3)cc2C)cc1. The molecule has 1 heterocycles. The molecule has 3 aromatic rings. The van der Waals surface area contributed by atoms with Crippen LogP contribution in [0.3, 0.4) is 0 Å². The second-order valence-corrected chi connectivity index (χ2v) is 5.61. The maximum Gasteiger partial charge on any atom is 0.272 e.